The summed E-state index contributed by atoms with van der Waals surface area (Å²) in [6.07, 6.45) is 2.45. The first-order valence-corrected chi connectivity index (χ1v) is 4.94. The van der Waals surface area contributed by atoms with Crippen LogP contribution in [0.4, 0.5) is 0 Å². The number of hydrogen-bond donors (Lipinski definition) is 1. The molecule has 2 aliphatic carbocycles. The van der Waals surface area contributed by atoms with Crippen molar-refractivity contribution in [2.75, 3.05) is 7.11 Å². The van der Waals surface area contributed by atoms with E-state index in [1.54, 1.807) is 0 Å². The van der Waals surface area contributed by atoms with E-state index in [0.717, 1.165) is 6.42 Å². The quantitative estimate of drug-likeness (QED) is 0.670. The first-order valence-electron chi connectivity index (χ1n) is 4.94. The smallest absolute Gasteiger partial charge is 0.309 e. The normalized spacial score (nSPS) is 39.8. The summed E-state index contributed by atoms with van der Waals surface area (Å²) >= 11 is 0. The largest absolute Gasteiger partial charge is 0.481 e. The number of rotatable bonds is 2. The minimum absolute atomic E-state index is 0.359. The minimum Gasteiger partial charge on any atom is -0.481 e. The summed E-state index contributed by atoms with van der Waals surface area (Å²) in [4.78, 5) is 22.3. The fraction of sp³-hybridized carbons (Fsp3) is 0.800. The molecule has 0 bridgehead atoms. The van der Waals surface area contributed by atoms with E-state index in [-0.39, 0.29) is 5.97 Å². The van der Waals surface area contributed by atoms with Crippen molar-refractivity contribution < 1.29 is 19.4 Å². The van der Waals surface area contributed by atoms with Crippen LogP contribution in [0.25, 0.3) is 0 Å². The Kier molecular flexibility index (Phi) is 2.21. The van der Waals surface area contributed by atoms with Crippen LogP contribution in [-0.2, 0) is 14.3 Å². The monoisotopic (exact) mass is 198 g/mol. The zero-order valence-electron chi connectivity index (χ0n) is 8.10. The van der Waals surface area contributed by atoms with Crippen molar-refractivity contribution in [1.29, 1.82) is 0 Å². The van der Waals surface area contributed by atoms with Crippen LogP contribution < -0.4 is 0 Å². The van der Waals surface area contributed by atoms with Gasteiger partial charge in [-0.05, 0) is 31.1 Å². The van der Waals surface area contributed by atoms with Gasteiger partial charge < -0.3 is 9.84 Å². The van der Waals surface area contributed by atoms with Crippen LogP contribution in [0.2, 0.25) is 0 Å². The Labute approximate surface area is 82.2 Å². The Morgan fingerprint density at radius 1 is 1.14 bits per heavy atom. The Bertz CT molecular complexity index is 273. The molecular formula is C10H14O4. The van der Waals surface area contributed by atoms with Gasteiger partial charge in [0.25, 0.3) is 0 Å². The number of esters is 1. The molecule has 4 atom stereocenters. The summed E-state index contributed by atoms with van der Waals surface area (Å²) in [5, 5.41) is 8.98. The lowest BCUT2D eigenvalue weighted by atomic mass is 9.79. The molecule has 2 fully saturated rings. The number of carboxylic acids is 1. The van der Waals surface area contributed by atoms with Crippen LogP contribution >= 0.6 is 0 Å². The summed E-state index contributed by atoms with van der Waals surface area (Å²) in [5.41, 5.74) is 0. The number of hydrogen-bond acceptors (Lipinski definition) is 3. The van der Waals surface area contributed by atoms with Crippen molar-refractivity contribution in [3.8, 4) is 0 Å². The van der Waals surface area contributed by atoms with E-state index in [4.69, 9.17) is 5.11 Å². The zero-order chi connectivity index (χ0) is 10.3. The fourth-order valence-corrected chi connectivity index (χ4v) is 2.55. The molecule has 0 radical (unpaired) electrons. The number of carboxylic acid groups (broad SMARTS) is 1. The highest BCUT2D eigenvalue weighted by atomic mass is 16.5. The highest BCUT2D eigenvalue weighted by molar-refractivity contribution is 5.81. The second-order valence-corrected chi connectivity index (χ2v) is 4.30. The molecule has 14 heavy (non-hydrogen) atoms. The summed E-state index contributed by atoms with van der Waals surface area (Å²) in [5.74, 6) is -1.02. The molecule has 78 valence electrons. The molecule has 2 rings (SSSR count). The topological polar surface area (TPSA) is 63.6 Å². The first-order chi connectivity index (χ1) is 6.63. The third-order valence-corrected chi connectivity index (χ3v) is 3.49. The van der Waals surface area contributed by atoms with Crippen molar-refractivity contribution in [3.63, 3.8) is 0 Å². The van der Waals surface area contributed by atoms with Crippen LogP contribution in [0.15, 0.2) is 0 Å². The van der Waals surface area contributed by atoms with E-state index < -0.39 is 17.8 Å². The molecule has 4 nitrogen and oxygen atoms in total. The van der Waals surface area contributed by atoms with Gasteiger partial charge >= 0.3 is 11.9 Å². The molecule has 0 aromatic heterocycles. The third-order valence-electron chi connectivity index (χ3n) is 3.49. The van der Waals surface area contributed by atoms with E-state index in [1.165, 1.54) is 7.11 Å². The number of carbonyl (C=O) groups is 2. The summed E-state index contributed by atoms with van der Waals surface area (Å²) in [6, 6.07) is 0. The predicted octanol–water partition coefficient (Wildman–Crippen LogP) is 0.906. The van der Waals surface area contributed by atoms with Gasteiger partial charge in [0, 0.05) is 0 Å². The Balaban J connectivity index is 2.10. The maximum atomic E-state index is 11.4. The summed E-state index contributed by atoms with van der Waals surface area (Å²) < 4.78 is 4.63. The van der Waals surface area contributed by atoms with Gasteiger partial charge in [-0.2, -0.15) is 0 Å². The van der Waals surface area contributed by atoms with Gasteiger partial charge in [-0.3, -0.25) is 9.59 Å². The van der Waals surface area contributed by atoms with Crippen molar-refractivity contribution >= 4 is 11.9 Å². The summed E-state index contributed by atoms with van der Waals surface area (Å²) in [7, 11) is 1.32. The van der Waals surface area contributed by atoms with Crippen LogP contribution in [0.1, 0.15) is 19.3 Å². The van der Waals surface area contributed by atoms with Gasteiger partial charge in [0.05, 0.1) is 18.9 Å². The molecule has 0 aromatic rings. The van der Waals surface area contributed by atoms with Crippen LogP contribution in [0, 0.1) is 23.7 Å². The molecule has 2 saturated carbocycles. The highest BCUT2D eigenvalue weighted by Crippen LogP contribution is 2.53. The third kappa shape index (κ3) is 1.49. The van der Waals surface area contributed by atoms with E-state index in [2.05, 4.69) is 4.74 Å². The lowest BCUT2D eigenvalue weighted by Gasteiger charge is -2.25. The van der Waals surface area contributed by atoms with Crippen LogP contribution in [0.3, 0.4) is 0 Å². The first kappa shape index (κ1) is 9.49. The minimum atomic E-state index is -0.856. The molecule has 2 aliphatic rings. The van der Waals surface area contributed by atoms with Crippen LogP contribution in [-0.4, -0.2) is 24.2 Å². The molecule has 0 saturated heterocycles. The Morgan fingerprint density at radius 3 is 2.21 bits per heavy atom. The molecule has 0 aromatic carbocycles. The van der Waals surface area contributed by atoms with Gasteiger partial charge in [-0.15, -0.1) is 0 Å². The van der Waals surface area contributed by atoms with Gasteiger partial charge in [0.2, 0.25) is 0 Å². The molecule has 0 amide bonds. The molecular weight excluding hydrogens is 184 g/mol. The maximum absolute atomic E-state index is 11.4. The Hall–Kier alpha value is -1.06. The lowest BCUT2D eigenvalue weighted by Crippen LogP contribution is -2.34. The fourth-order valence-electron chi connectivity index (χ4n) is 2.55. The second-order valence-electron chi connectivity index (χ2n) is 4.30. The van der Waals surface area contributed by atoms with Gasteiger partial charge in [0.15, 0.2) is 0 Å². The van der Waals surface area contributed by atoms with E-state index in [1.807, 2.05) is 0 Å². The number of fused-ring (bicyclic) bond motifs is 1. The number of carbonyl (C=O) groups excluding carboxylic acids is 1. The number of methoxy groups -OCH3 is 1. The molecule has 0 unspecified atom stereocenters. The zero-order valence-corrected chi connectivity index (χ0v) is 8.10. The van der Waals surface area contributed by atoms with E-state index in [0.29, 0.717) is 24.7 Å². The van der Waals surface area contributed by atoms with Gasteiger partial charge in [-0.1, -0.05) is 0 Å². The molecule has 4 heteroatoms. The van der Waals surface area contributed by atoms with Crippen molar-refractivity contribution in [1.82, 2.24) is 0 Å². The van der Waals surface area contributed by atoms with Crippen molar-refractivity contribution in [2.24, 2.45) is 23.7 Å². The Morgan fingerprint density at radius 2 is 1.71 bits per heavy atom. The number of aliphatic carboxylic acids is 1. The van der Waals surface area contributed by atoms with Crippen molar-refractivity contribution in [2.45, 2.75) is 19.3 Å². The van der Waals surface area contributed by atoms with Gasteiger partial charge in [-0.25, -0.2) is 0 Å². The average molecular weight is 198 g/mol. The van der Waals surface area contributed by atoms with E-state index >= 15 is 0 Å². The standard InChI is InChI=1S/C10H14O4/c1-14-10(13)8-4-6-2-5(6)3-7(8)9(11)12/h5-8H,2-4H2,1H3,(H,11,12)/t5-,6-,7+,8+/m0/s1. The molecule has 0 aliphatic heterocycles. The van der Waals surface area contributed by atoms with Crippen molar-refractivity contribution in [3.05, 3.63) is 0 Å². The molecule has 0 heterocycles. The SMILES string of the molecule is COC(=O)[C@@H]1C[C@@H]2C[C@H]2C[C@H]1C(=O)O. The second kappa shape index (κ2) is 3.26. The average Bonchev–Trinajstić information content (AvgIpc) is 2.92. The maximum Gasteiger partial charge on any atom is 0.309 e. The number of ether oxygens (including phenoxy) is 1. The highest BCUT2D eigenvalue weighted by Gasteiger charge is 2.51. The molecule has 1 N–H and O–H groups in total. The molecule has 0 spiro atoms. The summed E-state index contributed by atoms with van der Waals surface area (Å²) in [6.45, 7) is 0. The van der Waals surface area contributed by atoms with E-state index in [9.17, 15) is 9.59 Å². The van der Waals surface area contributed by atoms with Gasteiger partial charge in [0.1, 0.15) is 0 Å². The lowest BCUT2D eigenvalue weighted by molar-refractivity contribution is -0.157. The predicted molar refractivity (Wildman–Crippen MR) is 47.5 cm³/mol. The van der Waals surface area contributed by atoms with Crippen LogP contribution in [0.5, 0.6) is 0 Å².